The van der Waals surface area contributed by atoms with E-state index in [0.29, 0.717) is 24.1 Å². The molecule has 0 radical (unpaired) electrons. The number of amides is 1. The highest BCUT2D eigenvalue weighted by Crippen LogP contribution is 2.47. The van der Waals surface area contributed by atoms with Crippen LogP contribution in [0.3, 0.4) is 0 Å². The molecule has 5 nitrogen and oxygen atoms in total. The fourth-order valence-electron chi connectivity index (χ4n) is 4.82. The van der Waals surface area contributed by atoms with Crippen LogP contribution in [-0.2, 0) is 0 Å². The minimum atomic E-state index is 0.0220. The second kappa shape index (κ2) is 8.34. The molecular weight excluding hydrogens is 372 g/mol. The van der Waals surface area contributed by atoms with Crippen molar-refractivity contribution in [2.75, 3.05) is 13.1 Å². The predicted molar refractivity (Wildman–Crippen MR) is 111 cm³/mol. The zero-order valence-electron chi connectivity index (χ0n) is 16.3. The van der Waals surface area contributed by atoms with Gasteiger partial charge < -0.3 is 10.6 Å². The van der Waals surface area contributed by atoms with Gasteiger partial charge in [-0.3, -0.25) is 4.79 Å². The highest BCUT2D eigenvalue weighted by Gasteiger charge is 2.43. The van der Waals surface area contributed by atoms with E-state index in [1.165, 1.54) is 12.8 Å². The number of nitrogens with two attached hydrogens (primary N) is 1. The molecule has 3 aliphatic carbocycles. The maximum atomic E-state index is 13.1. The van der Waals surface area contributed by atoms with Gasteiger partial charge in [0.25, 0.3) is 5.91 Å². The molecule has 0 spiro atoms. The van der Waals surface area contributed by atoms with E-state index in [9.17, 15) is 4.79 Å². The topological polar surface area (TPSA) is 72.1 Å². The molecule has 0 aromatic carbocycles. The lowest BCUT2D eigenvalue weighted by atomic mass is 9.63. The molecular formula is C22H29ClN4O. The molecule has 0 bridgehead atoms. The van der Waals surface area contributed by atoms with Gasteiger partial charge in [0, 0.05) is 23.8 Å². The summed E-state index contributed by atoms with van der Waals surface area (Å²) in [7, 11) is 0. The van der Waals surface area contributed by atoms with E-state index < -0.39 is 0 Å². The average molecular weight is 401 g/mol. The van der Waals surface area contributed by atoms with E-state index in [1.807, 2.05) is 6.08 Å². The van der Waals surface area contributed by atoms with Crippen molar-refractivity contribution in [3.63, 3.8) is 0 Å². The van der Waals surface area contributed by atoms with Gasteiger partial charge in [0.1, 0.15) is 0 Å². The Bertz CT molecular complexity index is 751. The van der Waals surface area contributed by atoms with E-state index >= 15 is 0 Å². The van der Waals surface area contributed by atoms with Crippen LogP contribution in [0.1, 0.15) is 55.4 Å². The van der Waals surface area contributed by atoms with Gasteiger partial charge in [-0.05, 0) is 87.0 Å². The molecule has 1 atom stereocenters. The molecule has 3 aliphatic rings. The van der Waals surface area contributed by atoms with Crippen LogP contribution in [0.5, 0.6) is 0 Å². The van der Waals surface area contributed by atoms with Crippen molar-refractivity contribution in [3.05, 3.63) is 47.3 Å². The molecule has 2 saturated carbocycles. The van der Waals surface area contributed by atoms with Crippen LogP contribution in [0.2, 0.25) is 0 Å². The number of hydrogen-bond donors (Lipinski definition) is 1. The van der Waals surface area contributed by atoms with Crippen LogP contribution >= 0.6 is 11.6 Å². The van der Waals surface area contributed by atoms with Gasteiger partial charge in [-0.1, -0.05) is 23.8 Å². The zero-order chi connectivity index (χ0) is 19.6. The molecule has 0 saturated heterocycles. The molecule has 2 fully saturated rings. The van der Waals surface area contributed by atoms with Gasteiger partial charge >= 0.3 is 0 Å². The quantitative estimate of drug-likeness (QED) is 0.785. The smallest absolute Gasteiger partial charge is 0.274 e. The molecule has 150 valence electrons. The molecule has 2 N–H and O–H groups in total. The van der Waals surface area contributed by atoms with E-state index in [2.05, 4.69) is 27.2 Å². The van der Waals surface area contributed by atoms with Gasteiger partial charge in [-0.25, -0.2) is 0 Å². The Kier molecular flexibility index (Phi) is 5.83. The van der Waals surface area contributed by atoms with Crippen molar-refractivity contribution in [3.8, 4) is 0 Å². The molecule has 1 heterocycles. The first-order valence-corrected chi connectivity index (χ1v) is 10.8. The van der Waals surface area contributed by atoms with Crippen LogP contribution < -0.4 is 5.73 Å². The van der Waals surface area contributed by atoms with Crippen LogP contribution in [0.4, 0.5) is 0 Å². The molecule has 4 rings (SSSR count). The summed E-state index contributed by atoms with van der Waals surface area (Å²) < 4.78 is 0. The lowest BCUT2D eigenvalue weighted by Gasteiger charge is -2.47. The summed E-state index contributed by atoms with van der Waals surface area (Å²) in [5, 5.41) is 8.86. The first kappa shape index (κ1) is 19.6. The Morgan fingerprint density at radius 1 is 1.29 bits per heavy atom. The first-order valence-electron chi connectivity index (χ1n) is 10.4. The van der Waals surface area contributed by atoms with Gasteiger partial charge in [0.2, 0.25) is 0 Å². The Morgan fingerprint density at radius 2 is 2.07 bits per heavy atom. The summed E-state index contributed by atoms with van der Waals surface area (Å²) >= 11 is 6.31. The zero-order valence-corrected chi connectivity index (χ0v) is 17.0. The Morgan fingerprint density at radius 3 is 2.68 bits per heavy atom. The molecule has 6 heteroatoms. The Balaban J connectivity index is 1.47. The second-order valence-corrected chi connectivity index (χ2v) is 9.10. The monoisotopic (exact) mass is 400 g/mol. The summed E-state index contributed by atoms with van der Waals surface area (Å²) in [4.78, 5) is 15.2. The number of aromatic nitrogens is 2. The third kappa shape index (κ3) is 4.15. The van der Waals surface area contributed by atoms with Crippen molar-refractivity contribution < 1.29 is 4.79 Å². The van der Waals surface area contributed by atoms with Crippen molar-refractivity contribution >= 4 is 17.5 Å². The number of carbonyl (C=O) groups is 1. The lowest BCUT2D eigenvalue weighted by Crippen LogP contribution is -2.49. The van der Waals surface area contributed by atoms with Crippen molar-refractivity contribution in [2.45, 2.75) is 51.0 Å². The third-order valence-electron chi connectivity index (χ3n) is 6.82. The second-order valence-electron chi connectivity index (χ2n) is 8.62. The van der Waals surface area contributed by atoms with Crippen LogP contribution in [-0.4, -0.2) is 40.1 Å². The van der Waals surface area contributed by atoms with E-state index in [1.54, 1.807) is 18.3 Å². The number of carbonyl (C=O) groups excluding carboxylic acids is 1. The van der Waals surface area contributed by atoms with E-state index in [4.69, 9.17) is 17.3 Å². The van der Waals surface area contributed by atoms with Crippen LogP contribution in [0.15, 0.2) is 41.6 Å². The minimum Gasteiger partial charge on any atom is -0.334 e. The lowest BCUT2D eigenvalue weighted by molar-refractivity contribution is 0.0434. The summed E-state index contributed by atoms with van der Waals surface area (Å²) in [6.45, 7) is 1.51. The first-order chi connectivity index (χ1) is 13.6. The summed E-state index contributed by atoms with van der Waals surface area (Å²) in [6.07, 6.45) is 15.3. The van der Waals surface area contributed by atoms with Crippen molar-refractivity contribution in [2.24, 2.45) is 23.0 Å². The largest absolute Gasteiger partial charge is 0.334 e. The van der Waals surface area contributed by atoms with E-state index in [-0.39, 0.29) is 17.4 Å². The van der Waals surface area contributed by atoms with Gasteiger partial charge in [0.05, 0.1) is 0 Å². The summed E-state index contributed by atoms with van der Waals surface area (Å²) in [5.74, 6) is 1.06. The predicted octanol–water partition coefficient (Wildman–Crippen LogP) is 3.92. The highest BCUT2D eigenvalue weighted by molar-refractivity contribution is 6.29. The number of hydrogen-bond acceptors (Lipinski definition) is 4. The SMILES string of the molecule is NC[C@]1(C2C=CC=C(Cl)C2)CC[C@H](N(CC2CC2)C(=O)c2cccnn2)CC1. The summed E-state index contributed by atoms with van der Waals surface area (Å²) in [5.41, 5.74) is 6.82. The number of halogens is 1. The van der Waals surface area contributed by atoms with Gasteiger partial charge in [-0.2, -0.15) is 5.10 Å². The fraction of sp³-hybridized carbons (Fsp3) is 0.591. The molecule has 1 amide bonds. The minimum absolute atomic E-state index is 0.0220. The third-order valence-corrected chi connectivity index (χ3v) is 7.10. The van der Waals surface area contributed by atoms with E-state index in [0.717, 1.165) is 43.7 Å². The van der Waals surface area contributed by atoms with Crippen LogP contribution in [0, 0.1) is 17.3 Å². The van der Waals surface area contributed by atoms with Crippen LogP contribution in [0.25, 0.3) is 0 Å². The number of rotatable bonds is 6. The Hall–Kier alpha value is -1.72. The number of nitrogens with zero attached hydrogens (tertiary/aromatic N) is 3. The van der Waals surface area contributed by atoms with Crippen molar-refractivity contribution in [1.82, 2.24) is 15.1 Å². The molecule has 1 aromatic rings. The normalized spacial score (nSPS) is 30.0. The molecule has 28 heavy (non-hydrogen) atoms. The Labute approximate surface area is 172 Å². The van der Waals surface area contributed by atoms with Gasteiger partial charge in [-0.15, -0.1) is 5.10 Å². The molecule has 1 unspecified atom stereocenters. The molecule has 1 aromatic heterocycles. The molecule has 0 aliphatic heterocycles. The highest BCUT2D eigenvalue weighted by atomic mass is 35.5. The standard InChI is InChI=1S/C22H29ClN4O/c23-18-4-1-3-17(13-18)22(15-24)10-8-19(9-11-22)27(14-16-6-7-16)21(28)20-5-2-12-25-26-20/h1-5,12,16-17,19H,6-11,13-15,24H2/t17?,19-,22-. The maximum absolute atomic E-state index is 13.1. The maximum Gasteiger partial charge on any atom is 0.274 e. The van der Waals surface area contributed by atoms with Gasteiger partial charge in [0.15, 0.2) is 5.69 Å². The summed E-state index contributed by atoms with van der Waals surface area (Å²) in [6, 6.07) is 3.81. The average Bonchev–Trinajstić information content (AvgIpc) is 3.57. The number of allylic oxidation sites excluding steroid dienone is 4. The fourth-order valence-corrected chi connectivity index (χ4v) is 5.05. The van der Waals surface area contributed by atoms with Crippen molar-refractivity contribution in [1.29, 1.82) is 0 Å².